The quantitative estimate of drug-likeness (QED) is 0.592. The molecule has 5 atom stereocenters. The zero-order valence-corrected chi connectivity index (χ0v) is 18.8. The van der Waals surface area contributed by atoms with E-state index in [1.54, 1.807) is 12.1 Å². The van der Waals surface area contributed by atoms with Gasteiger partial charge in [-0.05, 0) is 43.4 Å². The van der Waals surface area contributed by atoms with E-state index in [1.807, 2.05) is 9.80 Å². The Balaban J connectivity index is 1.06. The van der Waals surface area contributed by atoms with Crippen LogP contribution in [0.4, 0.5) is 13.2 Å². The van der Waals surface area contributed by atoms with Gasteiger partial charge < -0.3 is 14.5 Å². The Hall–Kier alpha value is -2.37. The van der Waals surface area contributed by atoms with Crippen molar-refractivity contribution in [2.75, 3.05) is 26.2 Å². The molecule has 3 heterocycles. The molecule has 2 amide bonds. The van der Waals surface area contributed by atoms with Crippen LogP contribution in [0.25, 0.3) is 0 Å². The average Bonchev–Trinajstić information content (AvgIpc) is 3.51. The van der Waals surface area contributed by atoms with Crippen molar-refractivity contribution in [2.45, 2.75) is 50.6 Å². The van der Waals surface area contributed by atoms with Crippen LogP contribution < -0.4 is 21.1 Å². The minimum Gasteiger partial charge on any atom is -0.406 e. The lowest BCUT2D eigenvalue weighted by Gasteiger charge is -2.32. The number of carbonyl (C=O) groups is 2. The Morgan fingerprint density at radius 3 is 2.26 bits per heavy atom. The van der Waals surface area contributed by atoms with Crippen LogP contribution >= 0.6 is 0 Å². The number of hydrogen-bond donors (Lipinski definition) is 3. The van der Waals surface area contributed by atoms with Crippen molar-refractivity contribution in [3.05, 3.63) is 29.8 Å². The van der Waals surface area contributed by atoms with Gasteiger partial charge in [-0.2, -0.15) is 5.53 Å². The molecule has 11 heteroatoms. The number of aryl methyl sites for hydroxylation is 1. The van der Waals surface area contributed by atoms with Crippen molar-refractivity contribution >= 4 is 11.8 Å². The van der Waals surface area contributed by atoms with Crippen LogP contribution in [-0.4, -0.2) is 66.2 Å². The maximum Gasteiger partial charge on any atom is 0.573 e. The molecule has 0 bridgehead atoms. The van der Waals surface area contributed by atoms with Crippen LogP contribution in [0.5, 0.6) is 5.75 Å². The molecule has 34 heavy (non-hydrogen) atoms. The molecule has 186 valence electrons. The second-order valence-corrected chi connectivity index (χ2v) is 9.89. The summed E-state index contributed by atoms with van der Waals surface area (Å²) in [5, 5.41) is 0. The highest BCUT2D eigenvalue weighted by Gasteiger charge is 2.45. The average molecular weight is 482 g/mol. The van der Waals surface area contributed by atoms with Crippen molar-refractivity contribution in [2.24, 2.45) is 17.8 Å². The molecule has 0 radical (unpaired) electrons. The van der Waals surface area contributed by atoms with E-state index in [0.717, 1.165) is 24.8 Å². The zero-order valence-electron chi connectivity index (χ0n) is 18.8. The van der Waals surface area contributed by atoms with Gasteiger partial charge in [-0.25, -0.2) is 10.9 Å². The molecule has 4 fully saturated rings. The zero-order chi connectivity index (χ0) is 23.9. The first-order chi connectivity index (χ1) is 16.2. The van der Waals surface area contributed by atoms with Crippen molar-refractivity contribution in [1.29, 1.82) is 0 Å². The maximum atomic E-state index is 13.1. The SMILES string of the molecule is O=C(CCc1ccc(OC(F)(F)F)cc1)N1C[C@@H]2CN(C(=O)C3CCC4NNNC4C3)C[C@@H]2C1. The van der Waals surface area contributed by atoms with Crippen molar-refractivity contribution in [3.63, 3.8) is 0 Å². The van der Waals surface area contributed by atoms with Crippen molar-refractivity contribution in [3.8, 4) is 5.75 Å². The van der Waals surface area contributed by atoms with Crippen molar-refractivity contribution < 1.29 is 27.5 Å². The van der Waals surface area contributed by atoms with Crippen LogP contribution in [0.15, 0.2) is 24.3 Å². The third-order valence-electron chi connectivity index (χ3n) is 7.65. The minimum absolute atomic E-state index is 0.0496. The van der Waals surface area contributed by atoms with Gasteiger partial charge in [-0.1, -0.05) is 12.1 Å². The smallest absolute Gasteiger partial charge is 0.406 e. The number of hydrogen-bond acceptors (Lipinski definition) is 6. The highest BCUT2D eigenvalue weighted by atomic mass is 19.4. The summed E-state index contributed by atoms with van der Waals surface area (Å²) in [6.07, 6.45) is -1.24. The standard InChI is InChI=1S/C23H30F3N5O3/c24-23(25,26)34-18-5-1-14(2-6-18)3-8-21(32)30-10-16-12-31(13-17(16)11-30)22(33)15-4-7-19-20(9-15)28-29-27-19/h1-2,5-6,15-17,19-20,27-29H,3-4,7-13H2/t15?,16-,17+,19?,20?. The Morgan fingerprint density at radius 2 is 1.59 bits per heavy atom. The molecular formula is C23H30F3N5O3. The summed E-state index contributed by atoms with van der Waals surface area (Å²) in [6, 6.07) is 6.30. The molecule has 5 rings (SSSR count). The predicted molar refractivity (Wildman–Crippen MR) is 116 cm³/mol. The van der Waals surface area contributed by atoms with Gasteiger partial charge in [-0.3, -0.25) is 9.59 Å². The number of halogens is 3. The van der Waals surface area contributed by atoms with Crippen LogP contribution in [0.1, 0.15) is 31.2 Å². The lowest BCUT2D eigenvalue weighted by molar-refractivity contribution is -0.274. The predicted octanol–water partition coefficient (Wildman–Crippen LogP) is 1.58. The molecule has 3 aliphatic heterocycles. The van der Waals surface area contributed by atoms with E-state index in [1.165, 1.54) is 12.1 Å². The fourth-order valence-corrected chi connectivity index (χ4v) is 5.86. The first kappa shape index (κ1) is 23.4. The fraction of sp³-hybridized carbons (Fsp3) is 0.652. The lowest BCUT2D eigenvalue weighted by atomic mass is 9.82. The van der Waals surface area contributed by atoms with Crippen LogP contribution in [0.2, 0.25) is 0 Å². The molecular weight excluding hydrogens is 451 g/mol. The summed E-state index contributed by atoms with van der Waals surface area (Å²) < 4.78 is 40.7. The summed E-state index contributed by atoms with van der Waals surface area (Å²) in [4.78, 5) is 29.7. The largest absolute Gasteiger partial charge is 0.573 e. The first-order valence-electron chi connectivity index (χ1n) is 11.9. The fourth-order valence-electron chi connectivity index (χ4n) is 5.86. The van der Waals surface area contributed by atoms with Gasteiger partial charge >= 0.3 is 6.36 Å². The molecule has 1 aliphatic carbocycles. The number of fused-ring (bicyclic) bond motifs is 2. The highest BCUT2D eigenvalue weighted by Crippen LogP contribution is 2.35. The molecule has 1 aromatic carbocycles. The number of hydrazine groups is 2. The Kier molecular flexibility index (Phi) is 6.43. The number of ether oxygens (including phenoxy) is 1. The van der Waals surface area contributed by atoms with Gasteiger partial charge in [0.1, 0.15) is 5.75 Å². The van der Waals surface area contributed by atoms with Gasteiger partial charge in [-0.15, -0.1) is 13.2 Å². The van der Waals surface area contributed by atoms with E-state index < -0.39 is 6.36 Å². The second-order valence-electron chi connectivity index (χ2n) is 9.89. The number of likely N-dealkylation sites (tertiary alicyclic amines) is 2. The number of carbonyl (C=O) groups excluding carboxylic acids is 2. The maximum absolute atomic E-state index is 13.1. The molecule has 0 spiro atoms. The van der Waals surface area contributed by atoms with E-state index >= 15 is 0 Å². The molecule has 3 N–H and O–H groups in total. The summed E-state index contributed by atoms with van der Waals surface area (Å²) in [6.45, 7) is 2.75. The topological polar surface area (TPSA) is 85.9 Å². The lowest BCUT2D eigenvalue weighted by Crippen LogP contribution is -2.45. The van der Waals surface area contributed by atoms with Crippen LogP contribution in [-0.2, 0) is 16.0 Å². The van der Waals surface area contributed by atoms with Gasteiger partial charge in [0.2, 0.25) is 11.8 Å². The van der Waals surface area contributed by atoms with Gasteiger partial charge in [0.25, 0.3) is 0 Å². The van der Waals surface area contributed by atoms with Gasteiger partial charge in [0, 0.05) is 62.4 Å². The first-order valence-corrected chi connectivity index (χ1v) is 11.9. The number of benzene rings is 1. The third kappa shape index (κ3) is 5.16. The normalized spacial score (nSPS) is 30.9. The molecule has 1 aromatic rings. The van der Waals surface area contributed by atoms with Crippen LogP contribution in [0.3, 0.4) is 0 Å². The van der Waals surface area contributed by atoms with E-state index in [0.29, 0.717) is 56.9 Å². The Bertz CT molecular complexity index is 898. The number of rotatable bonds is 5. The van der Waals surface area contributed by atoms with E-state index in [4.69, 9.17) is 0 Å². The molecule has 1 saturated carbocycles. The molecule has 0 aromatic heterocycles. The Labute approximate surface area is 196 Å². The van der Waals surface area contributed by atoms with E-state index in [2.05, 4.69) is 21.1 Å². The van der Waals surface area contributed by atoms with E-state index in [9.17, 15) is 22.8 Å². The minimum atomic E-state index is -4.72. The third-order valence-corrected chi connectivity index (χ3v) is 7.65. The summed E-state index contributed by atoms with van der Waals surface area (Å²) >= 11 is 0. The number of alkyl halides is 3. The number of nitrogens with zero attached hydrogens (tertiary/aromatic N) is 2. The van der Waals surface area contributed by atoms with Crippen molar-refractivity contribution in [1.82, 2.24) is 26.2 Å². The molecule has 3 unspecified atom stereocenters. The summed E-state index contributed by atoms with van der Waals surface area (Å²) in [7, 11) is 0. The highest BCUT2D eigenvalue weighted by molar-refractivity contribution is 5.80. The monoisotopic (exact) mass is 481 g/mol. The van der Waals surface area contributed by atoms with E-state index in [-0.39, 0.29) is 29.5 Å². The number of amides is 2. The molecule has 8 nitrogen and oxygen atoms in total. The number of nitrogens with one attached hydrogen (secondary N) is 3. The Morgan fingerprint density at radius 1 is 0.941 bits per heavy atom. The molecule has 3 saturated heterocycles. The van der Waals surface area contributed by atoms with Crippen LogP contribution in [0, 0.1) is 17.8 Å². The second kappa shape index (κ2) is 9.35. The van der Waals surface area contributed by atoms with Gasteiger partial charge in [0.15, 0.2) is 0 Å². The molecule has 4 aliphatic rings. The summed E-state index contributed by atoms with van der Waals surface area (Å²) in [5.74, 6) is 0.715. The summed E-state index contributed by atoms with van der Waals surface area (Å²) in [5.41, 5.74) is 10.1. The van der Waals surface area contributed by atoms with Gasteiger partial charge in [0.05, 0.1) is 0 Å².